The van der Waals surface area contributed by atoms with Crippen LogP contribution in [-0.2, 0) is 9.59 Å². The fourth-order valence-corrected chi connectivity index (χ4v) is 3.39. The summed E-state index contributed by atoms with van der Waals surface area (Å²) in [4.78, 5) is 30.0. The zero-order valence-corrected chi connectivity index (χ0v) is 15.3. The van der Waals surface area contributed by atoms with Crippen LogP contribution in [0.5, 0.6) is 5.75 Å². The average Bonchev–Trinajstić information content (AvgIpc) is 3.43. The van der Waals surface area contributed by atoms with Gasteiger partial charge in [0.1, 0.15) is 11.2 Å². The lowest BCUT2D eigenvalue weighted by atomic mass is 10.0. The lowest BCUT2D eigenvalue weighted by molar-refractivity contribution is -0.143. The van der Waals surface area contributed by atoms with Crippen molar-refractivity contribution in [1.82, 2.24) is 9.80 Å². The van der Waals surface area contributed by atoms with Crippen LogP contribution < -0.4 is 10.1 Å². The van der Waals surface area contributed by atoms with Gasteiger partial charge in [0.15, 0.2) is 0 Å². The van der Waals surface area contributed by atoms with Gasteiger partial charge in [0.25, 0.3) is 0 Å². The maximum Gasteiger partial charge on any atom is 0.240 e. The minimum atomic E-state index is -0.886. The van der Waals surface area contributed by atoms with E-state index in [4.69, 9.17) is 4.74 Å². The predicted molar refractivity (Wildman–Crippen MR) is 96.7 cm³/mol. The Morgan fingerprint density at radius 2 is 1.88 bits per heavy atom. The second-order valence-corrected chi connectivity index (χ2v) is 6.97. The molecule has 1 aliphatic carbocycles. The number of anilines is 1. The molecular weight excluding hydrogens is 318 g/mol. The van der Waals surface area contributed by atoms with Crippen LogP contribution in [0, 0.1) is 12.3 Å². The molecule has 136 valence electrons. The molecule has 0 unspecified atom stereocenters. The number of nitrogens with zero attached hydrogens (tertiary/aromatic N) is 2. The van der Waals surface area contributed by atoms with Gasteiger partial charge in [0.2, 0.25) is 11.8 Å². The summed E-state index contributed by atoms with van der Waals surface area (Å²) in [6.07, 6.45) is 1.25. The first-order valence-electron chi connectivity index (χ1n) is 8.98. The van der Waals surface area contributed by atoms with E-state index < -0.39 is 5.41 Å². The molecule has 0 aromatic heterocycles. The van der Waals surface area contributed by atoms with Gasteiger partial charge < -0.3 is 19.9 Å². The Hall–Kier alpha value is -2.08. The highest BCUT2D eigenvalue weighted by Crippen LogP contribution is 2.48. The number of likely N-dealkylation sites (N-methyl/N-ethyl adjacent to an activating group) is 1. The summed E-state index contributed by atoms with van der Waals surface area (Å²) < 4.78 is 5.32. The molecule has 6 heteroatoms. The van der Waals surface area contributed by atoms with Crippen molar-refractivity contribution in [3.05, 3.63) is 23.8 Å². The van der Waals surface area contributed by atoms with Crippen LogP contribution in [0.1, 0.15) is 25.3 Å². The van der Waals surface area contributed by atoms with Crippen molar-refractivity contribution in [2.75, 3.05) is 45.2 Å². The van der Waals surface area contributed by atoms with Crippen LogP contribution in [0.15, 0.2) is 18.2 Å². The first-order valence-corrected chi connectivity index (χ1v) is 8.98. The number of rotatable bonds is 5. The van der Waals surface area contributed by atoms with E-state index in [9.17, 15) is 9.59 Å². The molecule has 1 aromatic carbocycles. The number of aryl methyl sites for hydroxylation is 1. The summed E-state index contributed by atoms with van der Waals surface area (Å²) in [7, 11) is 1.57. The third-order valence-electron chi connectivity index (χ3n) is 5.30. The Morgan fingerprint density at radius 1 is 1.20 bits per heavy atom. The SMILES string of the molecule is CCN1CCN(C(=O)C2(C(=O)Nc3cc(C)ccc3OC)CC2)CC1. The van der Waals surface area contributed by atoms with Crippen LogP contribution in [0.25, 0.3) is 0 Å². The lowest BCUT2D eigenvalue weighted by Gasteiger charge is -2.35. The molecule has 3 rings (SSSR count). The molecular formula is C19H27N3O3. The quantitative estimate of drug-likeness (QED) is 0.828. The van der Waals surface area contributed by atoms with E-state index in [0.29, 0.717) is 37.4 Å². The van der Waals surface area contributed by atoms with Gasteiger partial charge >= 0.3 is 0 Å². The van der Waals surface area contributed by atoms with Gasteiger partial charge in [0, 0.05) is 26.2 Å². The molecule has 25 heavy (non-hydrogen) atoms. The number of nitrogens with one attached hydrogen (secondary N) is 1. The van der Waals surface area contributed by atoms with Crippen molar-refractivity contribution >= 4 is 17.5 Å². The van der Waals surface area contributed by atoms with Gasteiger partial charge in [-0.1, -0.05) is 13.0 Å². The van der Waals surface area contributed by atoms with Crippen LogP contribution in [-0.4, -0.2) is 61.4 Å². The molecule has 0 radical (unpaired) electrons. The second-order valence-electron chi connectivity index (χ2n) is 6.97. The average molecular weight is 345 g/mol. The van der Waals surface area contributed by atoms with Crippen LogP contribution >= 0.6 is 0 Å². The molecule has 1 aromatic rings. The molecule has 1 heterocycles. The number of carbonyl (C=O) groups is 2. The van der Waals surface area contributed by atoms with Crippen molar-refractivity contribution in [3.8, 4) is 5.75 Å². The standard InChI is InChI=1S/C19H27N3O3/c1-4-21-9-11-22(12-10-21)18(24)19(7-8-19)17(23)20-15-13-14(2)5-6-16(15)25-3/h5-6,13H,4,7-12H2,1-3H3,(H,20,23). The number of amides is 2. The van der Waals surface area contributed by atoms with Gasteiger partial charge in [-0.05, 0) is 44.0 Å². The summed E-state index contributed by atoms with van der Waals surface area (Å²) in [5.74, 6) is 0.380. The molecule has 0 atom stereocenters. The molecule has 6 nitrogen and oxygen atoms in total. The second kappa shape index (κ2) is 7.04. The summed E-state index contributed by atoms with van der Waals surface area (Å²) >= 11 is 0. The molecule has 0 spiro atoms. The molecule has 2 amide bonds. The number of ether oxygens (including phenoxy) is 1. The van der Waals surface area contributed by atoms with Crippen LogP contribution in [0.3, 0.4) is 0 Å². The van der Waals surface area contributed by atoms with E-state index >= 15 is 0 Å². The summed E-state index contributed by atoms with van der Waals surface area (Å²) in [6.45, 7) is 8.26. The highest BCUT2D eigenvalue weighted by Gasteiger charge is 2.58. The van der Waals surface area contributed by atoms with Gasteiger partial charge in [-0.25, -0.2) is 0 Å². The van der Waals surface area contributed by atoms with Crippen molar-refractivity contribution in [1.29, 1.82) is 0 Å². The summed E-state index contributed by atoms with van der Waals surface area (Å²) in [6, 6.07) is 5.63. The number of piperazine rings is 1. The van der Waals surface area contributed by atoms with Gasteiger partial charge in [-0.15, -0.1) is 0 Å². The summed E-state index contributed by atoms with van der Waals surface area (Å²) in [5, 5.41) is 2.92. The predicted octanol–water partition coefficient (Wildman–Crippen LogP) is 1.89. The lowest BCUT2D eigenvalue weighted by Crippen LogP contribution is -2.52. The van der Waals surface area contributed by atoms with Crippen molar-refractivity contribution in [2.24, 2.45) is 5.41 Å². The number of methoxy groups -OCH3 is 1. The third kappa shape index (κ3) is 3.49. The van der Waals surface area contributed by atoms with E-state index in [1.807, 2.05) is 30.0 Å². The van der Waals surface area contributed by atoms with E-state index in [-0.39, 0.29) is 11.8 Å². The molecule has 1 saturated heterocycles. The number of hydrogen-bond donors (Lipinski definition) is 1. The van der Waals surface area contributed by atoms with Crippen molar-refractivity contribution < 1.29 is 14.3 Å². The fourth-order valence-electron chi connectivity index (χ4n) is 3.39. The number of carbonyl (C=O) groups excluding carboxylic acids is 2. The fraction of sp³-hybridized carbons (Fsp3) is 0.579. The Morgan fingerprint density at radius 3 is 2.44 bits per heavy atom. The highest BCUT2D eigenvalue weighted by atomic mass is 16.5. The number of benzene rings is 1. The largest absolute Gasteiger partial charge is 0.495 e. The Balaban J connectivity index is 1.69. The molecule has 0 bridgehead atoms. The maximum absolute atomic E-state index is 12.9. The normalized spacial score (nSPS) is 19.4. The van der Waals surface area contributed by atoms with Crippen molar-refractivity contribution in [3.63, 3.8) is 0 Å². The minimum absolute atomic E-state index is 0.0210. The first kappa shape index (κ1) is 17.7. The zero-order chi connectivity index (χ0) is 18.0. The third-order valence-corrected chi connectivity index (χ3v) is 5.30. The van der Waals surface area contributed by atoms with E-state index in [2.05, 4.69) is 17.1 Å². The molecule has 1 saturated carbocycles. The van der Waals surface area contributed by atoms with E-state index in [1.165, 1.54) is 0 Å². The van der Waals surface area contributed by atoms with Gasteiger partial charge in [-0.2, -0.15) is 0 Å². The van der Waals surface area contributed by atoms with Crippen LogP contribution in [0.2, 0.25) is 0 Å². The van der Waals surface area contributed by atoms with Gasteiger partial charge in [0.05, 0.1) is 12.8 Å². The highest BCUT2D eigenvalue weighted by molar-refractivity contribution is 6.13. The Bertz CT molecular complexity index is 662. The smallest absolute Gasteiger partial charge is 0.240 e. The first-order chi connectivity index (χ1) is 12.0. The van der Waals surface area contributed by atoms with Crippen LogP contribution in [0.4, 0.5) is 5.69 Å². The van der Waals surface area contributed by atoms with E-state index in [0.717, 1.165) is 25.2 Å². The maximum atomic E-state index is 12.9. The zero-order valence-electron chi connectivity index (χ0n) is 15.3. The topological polar surface area (TPSA) is 61.9 Å². The van der Waals surface area contributed by atoms with Crippen molar-refractivity contribution in [2.45, 2.75) is 26.7 Å². The monoisotopic (exact) mass is 345 g/mol. The Kier molecular flexibility index (Phi) is 4.99. The minimum Gasteiger partial charge on any atom is -0.495 e. The Labute approximate surface area is 149 Å². The molecule has 1 N–H and O–H groups in total. The molecule has 1 aliphatic heterocycles. The van der Waals surface area contributed by atoms with E-state index in [1.54, 1.807) is 7.11 Å². The molecule has 2 aliphatic rings. The molecule has 2 fully saturated rings. The summed E-state index contributed by atoms with van der Waals surface area (Å²) in [5.41, 5.74) is 0.772. The van der Waals surface area contributed by atoms with Gasteiger partial charge in [-0.3, -0.25) is 9.59 Å². The number of hydrogen-bond acceptors (Lipinski definition) is 4.